The van der Waals surface area contributed by atoms with E-state index in [9.17, 15) is 4.79 Å². The maximum absolute atomic E-state index is 11.8. The van der Waals surface area contributed by atoms with E-state index in [1.807, 2.05) is 11.0 Å². The van der Waals surface area contributed by atoms with Crippen molar-refractivity contribution in [2.24, 2.45) is 0 Å². The van der Waals surface area contributed by atoms with Gasteiger partial charge in [-0.05, 0) is 25.0 Å². The summed E-state index contributed by atoms with van der Waals surface area (Å²) in [6, 6.07) is 3.53. The zero-order chi connectivity index (χ0) is 15.2. The Labute approximate surface area is 129 Å². The number of nitrogens with two attached hydrogens (primary N) is 1. The van der Waals surface area contributed by atoms with Crippen LogP contribution in [-0.4, -0.2) is 42.2 Å². The van der Waals surface area contributed by atoms with Gasteiger partial charge in [-0.3, -0.25) is 4.79 Å². The van der Waals surface area contributed by atoms with Crippen LogP contribution in [0.15, 0.2) is 12.1 Å². The first-order chi connectivity index (χ1) is 9.97. The number of rotatable bonds is 2. The molecule has 1 aromatic carbocycles. The molecule has 21 heavy (non-hydrogen) atoms. The van der Waals surface area contributed by atoms with Gasteiger partial charge in [0, 0.05) is 54.7 Å². The number of carbonyl (C=O) groups excluding carboxylic acids is 1. The summed E-state index contributed by atoms with van der Waals surface area (Å²) >= 11 is 6.12. The minimum absolute atomic E-state index is 0.0273. The molecule has 0 atom stereocenters. The number of anilines is 2. The molecule has 1 aliphatic carbocycles. The number of nitrogens with one attached hydrogen (secondary N) is 1. The van der Waals surface area contributed by atoms with Crippen LogP contribution in [0.1, 0.15) is 25.3 Å². The van der Waals surface area contributed by atoms with Gasteiger partial charge in [-0.15, -0.1) is 0 Å². The topological polar surface area (TPSA) is 73.4 Å². The number of amides is 1. The summed E-state index contributed by atoms with van der Waals surface area (Å²) in [5.74, 6) is 0.144. The molecule has 3 N–H and O–H groups in total. The number of nitrogens with zero attached hydrogens (tertiary/aromatic N) is 2. The summed E-state index contributed by atoms with van der Waals surface area (Å²) < 4.78 is 0. The Kier molecular flexibility index (Phi) is 3.32. The molecule has 2 fully saturated rings. The Bertz CT molecular complexity index is 612. The van der Waals surface area contributed by atoms with Crippen LogP contribution in [0, 0.1) is 5.41 Å². The van der Waals surface area contributed by atoms with Gasteiger partial charge in [0.1, 0.15) is 0 Å². The molecule has 1 aromatic rings. The van der Waals surface area contributed by atoms with Gasteiger partial charge < -0.3 is 20.9 Å². The van der Waals surface area contributed by atoms with Gasteiger partial charge >= 0.3 is 0 Å². The second-order valence-electron chi connectivity index (χ2n) is 5.89. The van der Waals surface area contributed by atoms with Crippen molar-refractivity contribution in [2.45, 2.75) is 25.3 Å². The van der Waals surface area contributed by atoms with E-state index in [-0.39, 0.29) is 11.4 Å². The third-order valence-corrected chi connectivity index (χ3v) is 4.72. The monoisotopic (exact) mass is 306 g/mol. The predicted molar refractivity (Wildman–Crippen MR) is 85.3 cm³/mol. The Hall–Kier alpha value is -1.75. The molecule has 0 unspecified atom stereocenters. The van der Waals surface area contributed by atoms with E-state index >= 15 is 0 Å². The highest BCUT2D eigenvalue weighted by molar-refractivity contribution is 6.31. The molecule has 3 rings (SSSR count). The molecular formula is C15H19ClN4O. The lowest BCUT2D eigenvalue weighted by molar-refractivity contribution is -0.132. The molecule has 112 valence electrons. The molecule has 0 aromatic heterocycles. The van der Waals surface area contributed by atoms with Gasteiger partial charge in [0.25, 0.3) is 0 Å². The van der Waals surface area contributed by atoms with E-state index in [1.54, 1.807) is 13.0 Å². The summed E-state index contributed by atoms with van der Waals surface area (Å²) in [6.07, 6.45) is 3.36. The molecular weight excluding hydrogens is 288 g/mol. The minimum atomic E-state index is -0.0273. The normalized spacial score (nSPS) is 19.7. The molecule has 1 aliphatic heterocycles. The number of hydrogen-bond donors (Lipinski definition) is 2. The maximum atomic E-state index is 11.8. The lowest BCUT2D eigenvalue weighted by Gasteiger charge is -2.43. The van der Waals surface area contributed by atoms with Crippen molar-refractivity contribution in [1.82, 2.24) is 4.90 Å². The van der Waals surface area contributed by atoms with Crippen LogP contribution in [0.5, 0.6) is 0 Å². The fourth-order valence-corrected chi connectivity index (χ4v) is 3.51. The first-order valence-corrected chi connectivity index (χ1v) is 7.47. The number of halogens is 1. The molecule has 2 aliphatic rings. The van der Waals surface area contributed by atoms with E-state index in [1.165, 1.54) is 6.21 Å². The number of benzene rings is 1. The van der Waals surface area contributed by atoms with Crippen LogP contribution >= 0.6 is 11.6 Å². The number of piperazine rings is 1. The predicted octanol–water partition coefficient (Wildman–Crippen LogP) is 2.12. The third kappa shape index (κ3) is 2.35. The SMILES string of the molecule is CC(=O)N1CCN(c2cc(Cl)cc(N)c2C=N)CC12CC2. The Morgan fingerprint density at radius 1 is 1.43 bits per heavy atom. The summed E-state index contributed by atoms with van der Waals surface area (Å²) in [6.45, 7) is 3.87. The van der Waals surface area contributed by atoms with Crippen molar-refractivity contribution in [3.8, 4) is 0 Å². The molecule has 1 saturated heterocycles. The van der Waals surface area contributed by atoms with Crippen molar-refractivity contribution in [2.75, 3.05) is 30.3 Å². The van der Waals surface area contributed by atoms with Crippen LogP contribution < -0.4 is 10.6 Å². The van der Waals surface area contributed by atoms with Crippen molar-refractivity contribution >= 4 is 35.1 Å². The molecule has 1 amide bonds. The number of nitrogen functional groups attached to an aromatic ring is 1. The van der Waals surface area contributed by atoms with Gasteiger partial charge in [-0.1, -0.05) is 11.6 Å². The average Bonchev–Trinajstić information content (AvgIpc) is 3.17. The number of carbonyl (C=O) groups is 1. The zero-order valence-corrected chi connectivity index (χ0v) is 12.8. The van der Waals surface area contributed by atoms with E-state index in [0.29, 0.717) is 22.8 Å². The summed E-state index contributed by atoms with van der Waals surface area (Å²) in [7, 11) is 0. The minimum Gasteiger partial charge on any atom is -0.398 e. The van der Waals surface area contributed by atoms with E-state index in [4.69, 9.17) is 22.7 Å². The van der Waals surface area contributed by atoms with Crippen LogP contribution in [-0.2, 0) is 4.79 Å². The van der Waals surface area contributed by atoms with Crippen molar-refractivity contribution in [3.05, 3.63) is 22.7 Å². The standard InChI is InChI=1S/C15H19ClN4O/c1-10(21)20-5-4-19(9-15(20)2-3-15)14-7-11(16)6-13(18)12(14)8-17/h6-8,17H,2-5,9,18H2,1H3. The molecule has 6 heteroatoms. The van der Waals surface area contributed by atoms with Crippen LogP contribution in [0.25, 0.3) is 0 Å². The van der Waals surface area contributed by atoms with Gasteiger partial charge in [0.2, 0.25) is 5.91 Å². The van der Waals surface area contributed by atoms with Crippen molar-refractivity contribution < 1.29 is 4.79 Å². The molecule has 1 heterocycles. The van der Waals surface area contributed by atoms with E-state index in [0.717, 1.165) is 31.6 Å². The van der Waals surface area contributed by atoms with Gasteiger partial charge in [-0.2, -0.15) is 0 Å². The van der Waals surface area contributed by atoms with Crippen LogP contribution in [0.2, 0.25) is 5.02 Å². The Morgan fingerprint density at radius 2 is 2.14 bits per heavy atom. The summed E-state index contributed by atoms with van der Waals surface area (Å²) in [4.78, 5) is 16.0. The zero-order valence-electron chi connectivity index (χ0n) is 12.0. The van der Waals surface area contributed by atoms with Crippen LogP contribution in [0.4, 0.5) is 11.4 Å². The second kappa shape index (κ2) is 4.91. The van der Waals surface area contributed by atoms with Gasteiger partial charge in [-0.25, -0.2) is 0 Å². The van der Waals surface area contributed by atoms with Crippen molar-refractivity contribution in [3.63, 3.8) is 0 Å². The van der Waals surface area contributed by atoms with Gasteiger partial charge in [0.05, 0.1) is 5.54 Å². The highest BCUT2D eigenvalue weighted by Gasteiger charge is 2.52. The average molecular weight is 307 g/mol. The second-order valence-corrected chi connectivity index (χ2v) is 6.33. The largest absolute Gasteiger partial charge is 0.398 e. The highest BCUT2D eigenvalue weighted by Crippen LogP contribution is 2.45. The lowest BCUT2D eigenvalue weighted by Crippen LogP contribution is -2.56. The fraction of sp³-hybridized carbons (Fsp3) is 0.467. The molecule has 0 radical (unpaired) electrons. The van der Waals surface area contributed by atoms with Crippen LogP contribution in [0.3, 0.4) is 0 Å². The van der Waals surface area contributed by atoms with Crippen molar-refractivity contribution in [1.29, 1.82) is 5.41 Å². The quantitative estimate of drug-likeness (QED) is 0.649. The lowest BCUT2D eigenvalue weighted by atomic mass is 10.1. The third-order valence-electron chi connectivity index (χ3n) is 4.50. The fourth-order valence-electron chi connectivity index (χ4n) is 3.29. The molecule has 1 saturated carbocycles. The molecule has 0 bridgehead atoms. The summed E-state index contributed by atoms with van der Waals surface area (Å²) in [5.41, 5.74) is 8.06. The first kappa shape index (κ1) is 14.2. The van der Waals surface area contributed by atoms with E-state index < -0.39 is 0 Å². The Morgan fingerprint density at radius 3 is 2.71 bits per heavy atom. The Balaban J connectivity index is 1.93. The smallest absolute Gasteiger partial charge is 0.220 e. The van der Waals surface area contributed by atoms with E-state index in [2.05, 4.69) is 4.90 Å². The molecule has 1 spiro atoms. The van der Waals surface area contributed by atoms with Gasteiger partial charge in [0.15, 0.2) is 0 Å². The first-order valence-electron chi connectivity index (χ1n) is 7.09. The maximum Gasteiger partial charge on any atom is 0.220 e. The highest BCUT2D eigenvalue weighted by atomic mass is 35.5. The summed E-state index contributed by atoms with van der Waals surface area (Å²) in [5, 5.41) is 8.17. The molecule has 5 nitrogen and oxygen atoms in total. The number of hydrogen-bond acceptors (Lipinski definition) is 4.